The number of aryl methyl sites for hydroxylation is 1. The number of nitrogens with one attached hydrogen (secondary N) is 2. The smallest absolute Gasteiger partial charge is 0.382 e. The van der Waals surface area contributed by atoms with Gasteiger partial charge in [-0.15, -0.1) is 0 Å². The average Bonchev–Trinajstić information content (AvgIpc) is 3.29. The summed E-state index contributed by atoms with van der Waals surface area (Å²) in [5.41, 5.74) is 0.613. The summed E-state index contributed by atoms with van der Waals surface area (Å²) in [4.78, 5) is 26.5. The van der Waals surface area contributed by atoms with E-state index in [1.165, 1.54) is 17.0 Å². The van der Waals surface area contributed by atoms with Crippen LogP contribution in [0.2, 0.25) is 0 Å². The Kier molecular flexibility index (Phi) is 10.5. The number of rotatable bonds is 14. The van der Waals surface area contributed by atoms with Crippen molar-refractivity contribution >= 4 is 22.8 Å². The van der Waals surface area contributed by atoms with Gasteiger partial charge in [0.15, 0.2) is 0 Å². The second-order valence-electron chi connectivity index (χ2n) is 9.63. The number of anilines is 1. The van der Waals surface area contributed by atoms with E-state index in [9.17, 15) is 18.0 Å². The monoisotopic (exact) mass is 534 g/mol. The van der Waals surface area contributed by atoms with Crippen molar-refractivity contribution in [3.63, 3.8) is 0 Å². The maximum Gasteiger partial charge on any atom is 0.416 e. The van der Waals surface area contributed by atoms with Crippen LogP contribution in [0.4, 0.5) is 19.0 Å². The predicted molar refractivity (Wildman–Crippen MR) is 141 cm³/mol. The van der Waals surface area contributed by atoms with Crippen molar-refractivity contribution in [3.05, 3.63) is 41.9 Å². The van der Waals surface area contributed by atoms with Crippen LogP contribution in [0.3, 0.4) is 0 Å². The van der Waals surface area contributed by atoms with Crippen LogP contribution in [0.25, 0.3) is 17.0 Å². The molecule has 208 valence electrons. The molecule has 11 heteroatoms. The third-order valence-electron chi connectivity index (χ3n) is 5.96. The molecule has 2 heterocycles. The first-order valence-electron chi connectivity index (χ1n) is 13.2. The van der Waals surface area contributed by atoms with E-state index in [1.54, 1.807) is 6.07 Å². The van der Waals surface area contributed by atoms with Gasteiger partial charge in [-0.05, 0) is 56.7 Å². The van der Waals surface area contributed by atoms with Gasteiger partial charge >= 0.3 is 6.18 Å². The Hall–Kier alpha value is -3.21. The van der Waals surface area contributed by atoms with Crippen molar-refractivity contribution in [1.82, 2.24) is 24.8 Å². The molecule has 0 radical (unpaired) electrons. The first-order valence-corrected chi connectivity index (χ1v) is 13.2. The third-order valence-corrected chi connectivity index (χ3v) is 5.96. The van der Waals surface area contributed by atoms with Crippen molar-refractivity contribution < 1.29 is 22.7 Å². The van der Waals surface area contributed by atoms with Crippen molar-refractivity contribution in [2.45, 2.75) is 72.0 Å². The fourth-order valence-electron chi connectivity index (χ4n) is 4.03. The lowest BCUT2D eigenvalue weighted by Gasteiger charge is -2.21. The summed E-state index contributed by atoms with van der Waals surface area (Å²) < 4.78 is 46.9. The number of halogens is 3. The molecule has 2 aromatic heterocycles. The number of hydrogen-bond donors (Lipinski definition) is 2. The quantitative estimate of drug-likeness (QED) is 0.264. The molecule has 38 heavy (non-hydrogen) atoms. The highest BCUT2D eigenvalue weighted by atomic mass is 19.4. The second kappa shape index (κ2) is 13.5. The molecule has 0 spiro atoms. The largest absolute Gasteiger partial charge is 0.416 e. The number of alkyl halides is 3. The van der Waals surface area contributed by atoms with Gasteiger partial charge in [0.2, 0.25) is 11.9 Å². The molecule has 0 aliphatic carbocycles. The van der Waals surface area contributed by atoms with E-state index in [-0.39, 0.29) is 23.3 Å². The topological polar surface area (TPSA) is 94.0 Å². The lowest BCUT2D eigenvalue weighted by Crippen LogP contribution is -2.41. The maximum atomic E-state index is 13.4. The number of unbranched alkanes of at least 4 members (excludes halogenated alkanes) is 1. The SMILES string of the molecule is CCCCc1cc(NC(CC(C)C)C(=O)NCCCOCC)nc(-n2cnc3ccc(C(F)(F)F)cc32)n1. The standard InChI is InChI=1S/C27H37F3N6O2/c1-5-7-9-20-16-24(34-22(14-18(3)4)25(37)31-12-8-13-38-6-2)35-26(33-20)36-17-32-21-11-10-19(15-23(21)36)27(28,29)30/h10-11,15-18,22H,5-9,12-14H2,1-4H3,(H,31,37)(H,33,34,35). The number of carbonyl (C=O) groups excluding carboxylic acids is 1. The number of fused-ring (bicyclic) bond motifs is 1. The lowest BCUT2D eigenvalue weighted by atomic mass is 10.0. The number of imidazole rings is 1. The maximum absolute atomic E-state index is 13.4. The lowest BCUT2D eigenvalue weighted by molar-refractivity contribution is -0.137. The van der Waals surface area contributed by atoms with Gasteiger partial charge in [0, 0.05) is 31.5 Å². The molecule has 1 atom stereocenters. The van der Waals surface area contributed by atoms with Crippen LogP contribution in [0.15, 0.2) is 30.6 Å². The Morgan fingerprint density at radius 2 is 1.92 bits per heavy atom. The Balaban J connectivity index is 1.93. The van der Waals surface area contributed by atoms with Crippen molar-refractivity contribution in [3.8, 4) is 5.95 Å². The number of carbonyl (C=O) groups is 1. The van der Waals surface area contributed by atoms with E-state index in [0.29, 0.717) is 50.4 Å². The van der Waals surface area contributed by atoms with Gasteiger partial charge in [0.1, 0.15) is 18.2 Å². The molecule has 0 saturated heterocycles. The average molecular weight is 535 g/mol. The summed E-state index contributed by atoms with van der Waals surface area (Å²) >= 11 is 0. The number of nitrogens with zero attached hydrogens (tertiary/aromatic N) is 4. The van der Waals surface area contributed by atoms with E-state index in [1.807, 2.05) is 20.8 Å². The summed E-state index contributed by atoms with van der Waals surface area (Å²) in [6, 6.07) is 4.65. The van der Waals surface area contributed by atoms with E-state index in [0.717, 1.165) is 30.7 Å². The highest BCUT2D eigenvalue weighted by molar-refractivity contribution is 5.84. The number of hydrogen-bond acceptors (Lipinski definition) is 6. The molecule has 0 saturated carbocycles. The van der Waals surface area contributed by atoms with Crippen LogP contribution in [0.5, 0.6) is 0 Å². The van der Waals surface area contributed by atoms with E-state index >= 15 is 0 Å². The number of amides is 1. The molecular formula is C27H37F3N6O2. The van der Waals surface area contributed by atoms with Gasteiger partial charge in [-0.1, -0.05) is 27.2 Å². The van der Waals surface area contributed by atoms with Crippen LogP contribution in [0.1, 0.15) is 64.6 Å². The summed E-state index contributed by atoms with van der Waals surface area (Å²) in [6.45, 7) is 9.76. The van der Waals surface area contributed by atoms with E-state index < -0.39 is 17.8 Å². The highest BCUT2D eigenvalue weighted by Gasteiger charge is 2.31. The summed E-state index contributed by atoms with van der Waals surface area (Å²) in [6.07, 6.45) is 0.716. The number of aromatic nitrogens is 4. The third kappa shape index (κ3) is 8.14. The fourth-order valence-corrected chi connectivity index (χ4v) is 4.03. The first-order chi connectivity index (χ1) is 18.1. The van der Waals surface area contributed by atoms with Crippen LogP contribution in [-0.4, -0.2) is 51.2 Å². The molecule has 0 aliphatic heterocycles. The number of ether oxygens (including phenoxy) is 1. The van der Waals surface area contributed by atoms with Crippen molar-refractivity contribution in [1.29, 1.82) is 0 Å². The van der Waals surface area contributed by atoms with Gasteiger partial charge in [-0.2, -0.15) is 18.2 Å². The minimum atomic E-state index is -4.49. The molecule has 1 aromatic carbocycles. The van der Waals surface area contributed by atoms with Crippen molar-refractivity contribution in [2.75, 3.05) is 25.1 Å². The molecule has 2 N–H and O–H groups in total. The molecular weight excluding hydrogens is 497 g/mol. The van der Waals surface area contributed by atoms with Crippen LogP contribution < -0.4 is 10.6 Å². The Labute approximate surface area is 221 Å². The minimum Gasteiger partial charge on any atom is -0.382 e. The Bertz CT molecular complexity index is 1200. The molecule has 3 aromatic rings. The van der Waals surface area contributed by atoms with Crippen molar-refractivity contribution in [2.24, 2.45) is 5.92 Å². The first kappa shape index (κ1) is 29.3. The van der Waals surface area contributed by atoms with Crippen LogP contribution in [0, 0.1) is 5.92 Å². The summed E-state index contributed by atoms with van der Waals surface area (Å²) in [5.74, 6) is 0.725. The van der Waals surface area contributed by atoms with Gasteiger partial charge in [0.25, 0.3) is 0 Å². The highest BCUT2D eigenvalue weighted by Crippen LogP contribution is 2.31. The zero-order valence-electron chi connectivity index (χ0n) is 22.4. The molecule has 1 unspecified atom stereocenters. The molecule has 3 rings (SSSR count). The normalized spacial score (nSPS) is 12.7. The molecule has 1 amide bonds. The summed E-state index contributed by atoms with van der Waals surface area (Å²) in [5, 5.41) is 6.21. The molecule has 0 fully saturated rings. The van der Waals surface area contributed by atoms with Crippen LogP contribution in [-0.2, 0) is 22.1 Å². The predicted octanol–water partition coefficient (Wildman–Crippen LogP) is 5.55. The van der Waals surface area contributed by atoms with Crippen LogP contribution >= 0.6 is 0 Å². The van der Waals surface area contributed by atoms with Gasteiger partial charge in [0.05, 0.1) is 16.6 Å². The minimum absolute atomic E-state index is 0.145. The second-order valence-corrected chi connectivity index (χ2v) is 9.63. The van der Waals surface area contributed by atoms with Gasteiger partial charge in [-0.25, -0.2) is 9.97 Å². The molecule has 8 nitrogen and oxygen atoms in total. The van der Waals surface area contributed by atoms with E-state index in [2.05, 4.69) is 32.5 Å². The number of benzene rings is 1. The Morgan fingerprint density at radius 3 is 2.61 bits per heavy atom. The van der Waals surface area contributed by atoms with Gasteiger partial charge < -0.3 is 15.4 Å². The van der Waals surface area contributed by atoms with E-state index in [4.69, 9.17) is 4.74 Å². The van der Waals surface area contributed by atoms with Gasteiger partial charge in [-0.3, -0.25) is 9.36 Å². The Morgan fingerprint density at radius 1 is 1.13 bits per heavy atom. The molecule has 0 aliphatic rings. The fraction of sp³-hybridized carbons (Fsp3) is 0.556. The zero-order chi connectivity index (χ0) is 27.7. The molecule has 0 bridgehead atoms. The summed E-state index contributed by atoms with van der Waals surface area (Å²) in [7, 11) is 0. The zero-order valence-corrected chi connectivity index (χ0v) is 22.4.